The largest absolute Gasteiger partial charge is 0.330 e. The zero-order valence-electron chi connectivity index (χ0n) is 10.5. The van der Waals surface area contributed by atoms with Crippen molar-refractivity contribution in [1.29, 1.82) is 0 Å². The molecule has 4 atom stereocenters. The predicted molar refractivity (Wildman–Crippen MR) is 71.8 cm³/mol. The molecule has 92 valence electrons. The Balaban J connectivity index is 1.67. The Bertz CT molecular complexity index is 359. The minimum absolute atomic E-state index is 0.584. The molecule has 2 aliphatic rings. The van der Waals surface area contributed by atoms with Gasteiger partial charge >= 0.3 is 0 Å². The molecule has 0 amide bonds. The maximum atomic E-state index is 5.98. The van der Waals surface area contributed by atoms with E-state index in [0.29, 0.717) is 5.92 Å². The van der Waals surface area contributed by atoms with Gasteiger partial charge in [-0.2, -0.15) is 0 Å². The second-order valence-corrected chi connectivity index (χ2v) is 6.01. The van der Waals surface area contributed by atoms with Gasteiger partial charge < -0.3 is 5.73 Å². The lowest BCUT2D eigenvalue weighted by atomic mass is 9.80. The van der Waals surface area contributed by atoms with E-state index in [0.717, 1.165) is 24.3 Å². The fourth-order valence-corrected chi connectivity index (χ4v) is 4.12. The predicted octanol–water partition coefficient (Wildman–Crippen LogP) is 3.56. The van der Waals surface area contributed by atoms with Gasteiger partial charge in [0.1, 0.15) is 0 Å². The van der Waals surface area contributed by atoms with Crippen LogP contribution in [0.1, 0.15) is 43.6 Å². The SMILES string of the molecule is NCC(CC1CC2CCC1C2)c1ccccc1. The third kappa shape index (κ3) is 2.26. The van der Waals surface area contributed by atoms with E-state index in [1.54, 1.807) is 0 Å². The number of hydrogen-bond donors (Lipinski definition) is 1. The maximum Gasteiger partial charge on any atom is -0.000813 e. The second-order valence-electron chi connectivity index (χ2n) is 6.01. The van der Waals surface area contributed by atoms with Gasteiger partial charge in [0.15, 0.2) is 0 Å². The fourth-order valence-electron chi connectivity index (χ4n) is 4.12. The number of rotatable bonds is 4. The first-order valence-corrected chi connectivity index (χ1v) is 7.12. The van der Waals surface area contributed by atoms with Gasteiger partial charge in [0.2, 0.25) is 0 Å². The summed E-state index contributed by atoms with van der Waals surface area (Å²) in [6, 6.07) is 10.8. The van der Waals surface area contributed by atoms with E-state index in [1.807, 2.05) is 0 Å². The monoisotopic (exact) mass is 229 g/mol. The van der Waals surface area contributed by atoms with Crippen LogP contribution in [0, 0.1) is 17.8 Å². The van der Waals surface area contributed by atoms with Gasteiger partial charge in [-0.25, -0.2) is 0 Å². The summed E-state index contributed by atoms with van der Waals surface area (Å²) in [4.78, 5) is 0. The van der Waals surface area contributed by atoms with Crippen molar-refractivity contribution in [2.75, 3.05) is 6.54 Å². The average molecular weight is 229 g/mol. The van der Waals surface area contributed by atoms with Crippen molar-refractivity contribution in [3.63, 3.8) is 0 Å². The number of fused-ring (bicyclic) bond motifs is 2. The Labute approximate surface area is 104 Å². The zero-order valence-corrected chi connectivity index (χ0v) is 10.5. The molecule has 0 heterocycles. The molecule has 0 spiro atoms. The summed E-state index contributed by atoms with van der Waals surface area (Å²) in [5.74, 6) is 3.63. The molecular formula is C16H23N. The molecule has 2 bridgehead atoms. The van der Waals surface area contributed by atoms with Crippen molar-refractivity contribution in [2.24, 2.45) is 23.5 Å². The zero-order chi connectivity index (χ0) is 11.7. The highest BCUT2D eigenvalue weighted by Gasteiger charge is 2.39. The van der Waals surface area contributed by atoms with E-state index in [2.05, 4.69) is 30.3 Å². The van der Waals surface area contributed by atoms with E-state index in [9.17, 15) is 0 Å². The fraction of sp³-hybridized carbons (Fsp3) is 0.625. The Morgan fingerprint density at radius 3 is 2.53 bits per heavy atom. The lowest BCUT2D eigenvalue weighted by molar-refractivity contribution is 0.296. The van der Waals surface area contributed by atoms with Crippen LogP contribution >= 0.6 is 0 Å². The van der Waals surface area contributed by atoms with Crippen LogP contribution < -0.4 is 5.73 Å². The van der Waals surface area contributed by atoms with Gasteiger partial charge in [-0.1, -0.05) is 36.8 Å². The van der Waals surface area contributed by atoms with Gasteiger partial charge in [0, 0.05) is 0 Å². The lowest BCUT2D eigenvalue weighted by Crippen LogP contribution is -2.19. The standard InChI is InChI=1S/C16H23N/c17-11-16(13-4-2-1-3-5-13)10-15-9-12-6-7-14(15)8-12/h1-5,12,14-16H,6-11,17H2. The van der Waals surface area contributed by atoms with Gasteiger partial charge in [-0.05, 0) is 61.5 Å². The second kappa shape index (κ2) is 4.81. The summed E-state index contributed by atoms with van der Waals surface area (Å²) in [5.41, 5.74) is 7.42. The Kier molecular flexibility index (Phi) is 3.19. The highest BCUT2D eigenvalue weighted by atomic mass is 14.6. The van der Waals surface area contributed by atoms with Crippen LogP contribution in [0.4, 0.5) is 0 Å². The van der Waals surface area contributed by atoms with Gasteiger partial charge in [0.25, 0.3) is 0 Å². The molecule has 0 aliphatic heterocycles. The normalized spacial score (nSPS) is 32.9. The molecule has 0 radical (unpaired) electrons. The quantitative estimate of drug-likeness (QED) is 0.839. The first-order chi connectivity index (χ1) is 8.36. The summed E-state index contributed by atoms with van der Waals surface area (Å²) in [5, 5.41) is 0. The van der Waals surface area contributed by atoms with Crippen LogP contribution in [0.3, 0.4) is 0 Å². The molecule has 2 saturated carbocycles. The van der Waals surface area contributed by atoms with Crippen molar-refractivity contribution in [3.8, 4) is 0 Å². The summed E-state index contributed by atoms with van der Waals surface area (Å²) >= 11 is 0. The number of hydrogen-bond acceptors (Lipinski definition) is 1. The molecule has 0 saturated heterocycles. The molecule has 4 unspecified atom stereocenters. The van der Waals surface area contributed by atoms with Crippen molar-refractivity contribution >= 4 is 0 Å². The summed E-state index contributed by atoms with van der Waals surface area (Å²) in [7, 11) is 0. The number of benzene rings is 1. The Hall–Kier alpha value is -0.820. The van der Waals surface area contributed by atoms with Gasteiger partial charge in [-0.15, -0.1) is 0 Å². The molecule has 17 heavy (non-hydrogen) atoms. The summed E-state index contributed by atoms with van der Waals surface area (Å²) in [6.07, 6.45) is 7.30. The highest BCUT2D eigenvalue weighted by Crippen LogP contribution is 2.51. The molecule has 0 aromatic heterocycles. The first kappa shape index (κ1) is 11.3. The van der Waals surface area contributed by atoms with Crippen LogP contribution in [-0.2, 0) is 0 Å². The average Bonchev–Trinajstić information content (AvgIpc) is 2.99. The minimum Gasteiger partial charge on any atom is -0.330 e. The van der Waals surface area contributed by atoms with Crippen LogP contribution in [0.5, 0.6) is 0 Å². The maximum absolute atomic E-state index is 5.98. The molecule has 3 rings (SSSR count). The molecule has 1 nitrogen and oxygen atoms in total. The first-order valence-electron chi connectivity index (χ1n) is 7.12. The molecule has 2 fully saturated rings. The topological polar surface area (TPSA) is 26.0 Å². The van der Waals surface area contributed by atoms with Crippen molar-refractivity contribution in [1.82, 2.24) is 0 Å². The summed E-state index contributed by atoms with van der Waals surface area (Å²) in [6.45, 7) is 0.803. The van der Waals surface area contributed by atoms with E-state index < -0.39 is 0 Å². The van der Waals surface area contributed by atoms with Crippen molar-refractivity contribution < 1.29 is 0 Å². The highest BCUT2D eigenvalue weighted by molar-refractivity contribution is 5.20. The third-order valence-electron chi connectivity index (χ3n) is 5.03. The smallest absolute Gasteiger partial charge is 0.000813 e. The van der Waals surface area contributed by atoms with Crippen LogP contribution in [0.15, 0.2) is 30.3 Å². The summed E-state index contributed by atoms with van der Waals surface area (Å²) < 4.78 is 0. The molecule has 2 N–H and O–H groups in total. The lowest BCUT2D eigenvalue weighted by Gasteiger charge is -2.26. The van der Waals surface area contributed by atoms with Crippen LogP contribution in [0.2, 0.25) is 0 Å². The van der Waals surface area contributed by atoms with Crippen molar-refractivity contribution in [3.05, 3.63) is 35.9 Å². The Morgan fingerprint density at radius 2 is 1.94 bits per heavy atom. The van der Waals surface area contributed by atoms with Gasteiger partial charge in [0.05, 0.1) is 0 Å². The molecule has 1 aromatic carbocycles. The molecule has 1 heteroatoms. The van der Waals surface area contributed by atoms with E-state index in [1.165, 1.54) is 37.7 Å². The van der Waals surface area contributed by atoms with Crippen molar-refractivity contribution in [2.45, 2.75) is 38.0 Å². The van der Waals surface area contributed by atoms with E-state index in [4.69, 9.17) is 5.73 Å². The Morgan fingerprint density at radius 1 is 1.12 bits per heavy atom. The van der Waals surface area contributed by atoms with E-state index >= 15 is 0 Å². The minimum atomic E-state index is 0.584. The van der Waals surface area contributed by atoms with Gasteiger partial charge in [-0.3, -0.25) is 0 Å². The van der Waals surface area contributed by atoms with Crippen LogP contribution in [-0.4, -0.2) is 6.54 Å². The molecule has 2 aliphatic carbocycles. The van der Waals surface area contributed by atoms with E-state index in [-0.39, 0.29) is 0 Å². The third-order valence-corrected chi connectivity index (χ3v) is 5.03. The molecule has 1 aromatic rings. The van der Waals surface area contributed by atoms with Crippen LogP contribution in [0.25, 0.3) is 0 Å². The number of nitrogens with two attached hydrogens (primary N) is 1. The molecular weight excluding hydrogens is 206 g/mol.